The minimum Gasteiger partial charge on any atom is -0.199 e. The summed E-state index contributed by atoms with van der Waals surface area (Å²) >= 11 is 15.0. The van der Waals surface area contributed by atoms with Gasteiger partial charge in [0, 0.05) is 10.7 Å². The van der Waals surface area contributed by atoms with Crippen LogP contribution in [-0.2, 0) is 10.0 Å². The number of benzene rings is 1. The Bertz CT molecular complexity index is 713. The fraction of sp³-hybridized carbons (Fsp3) is 0.100. The van der Waals surface area contributed by atoms with E-state index in [9.17, 15) is 8.42 Å². The van der Waals surface area contributed by atoms with Crippen LogP contribution in [0.2, 0.25) is 10.0 Å². The first-order valence-electron chi connectivity index (χ1n) is 4.75. The van der Waals surface area contributed by atoms with Crippen LogP contribution in [0.25, 0.3) is 0 Å². The normalized spacial score (nSPS) is 11.8. The number of aryl methyl sites for hydroxylation is 1. The van der Waals surface area contributed by atoms with E-state index < -0.39 is 10.0 Å². The standard InChI is InChI=1S/C10H7BrCl2N2O2S/c1-6-2-3-15(14-6)18(16,17)10-5-8(12)7(11)4-9(10)13/h2-5H,1H3. The summed E-state index contributed by atoms with van der Waals surface area (Å²) in [6.45, 7) is 1.70. The third-order valence-electron chi connectivity index (χ3n) is 2.20. The average molecular weight is 370 g/mol. The summed E-state index contributed by atoms with van der Waals surface area (Å²) in [6.07, 6.45) is 1.36. The van der Waals surface area contributed by atoms with E-state index in [1.165, 1.54) is 18.3 Å². The molecule has 2 rings (SSSR count). The molecule has 8 heteroatoms. The van der Waals surface area contributed by atoms with Crippen molar-refractivity contribution in [3.8, 4) is 0 Å². The molecule has 0 aliphatic heterocycles. The summed E-state index contributed by atoms with van der Waals surface area (Å²) in [5.41, 5.74) is 0.595. The van der Waals surface area contributed by atoms with Crippen LogP contribution in [0.1, 0.15) is 5.69 Å². The highest BCUT2D eigenvalue weighted by Gasteiger charge is 2.22. The van der Waals surface area contributed by atoms with Crippen LogP contribution in [0.15, 0.2) is 33.8 Å². The predicted octanol–water partition coefficient (Wildman–Crippen LogP) is 3.50. The van der Waals surface area contributed by atoms with E-state index in [1.807, 2.05) is 0 Å². The molecule has 0 saturated heterocycles. The number of halogens is 3. The maximum absolute atomic E-state index is 12.3. The van der Waals surface area contributed by atoms with Crippen LogP contribution in [0, 0.1) is 6.92 Å². The fourth-order valence-corrected chi connectivity index (χ4v) is 3.72. The molecule has 0 aliphatic rings. The number of rotatable bonds is 2. The van der Waals surface area contributed by atoms with Gasteiger partial charge in [-0.15, -0.1) is 0 Å². The Morgan fingerprint density at radius 1 is 1.28 bits per heavy atom. The minimum atomic E-state index is -3.82. The quantitative estimate of drug-likeness (QED) is 0.761. The topological polar surface area (TPSA) is 52.0 Å². The lowest BCUT2D eigenvalue weighted by atomic mass is 10.4. The first-order chi connectivity index (χ1) is 8.32. The van der Waals surface area contributed by atoms with E-state index in [2.05, 4.69) is 21.0 Å². The van der Waals surface area contributed by atoms with E-state index in [4.69, 9.17) is 23.2 Å². The molecule has 96 valence electrons. The molecule has 0 fully saturated rings. The van der Waals surface area contributed by atoms with E-state index in [1.54, 1.807) is 13.0 Å². The van der Waals surface area contributed by atoms with Gasteiger partial charge in [0.05, 0.1) is 15.7 Å². The van der Waals surface area contributed by atoms with Crippen LogP contribution < -0.4 is 0 Å². The van der Waals surface area contributed by atoms with Crippen LogP contribution in [-0.4, -0.2) is 17.6 Å². The van der Waals surface area contributed by atoms with E-state index in [-0.39, 0.29) is 14.9 Å². The highest BCUT2D eigenvalue weighted by atomic mass is 79.9. The molecule has 0 aliphatic carbocycles. The van der Waals surface area contributed by atoms with E-state index in [0.29, 0.717) is 10.2 Å². The monoisotopic (exact) mass is 368 g/mol. The van der Waals surface area contributed by atoms with Crippen LogP contribution in [0.3, 0.4) is 0 Å². The molecule has 0 N–H and O–H groups in total. The summed E-state index contributed by atoms with van der Waals surface area (Å²) in [7, 11) is -3.82. The zero-order valence-corrected chi connectivity index (χ0v) is 13.0. The zero-order valence-electron chi connectivity index (χ0n) is 9.06. The zero-order chi connectivity index (χ0) is 13.5. The SMILES string of the molecule is Cc1ccn(S(=O)(=O)c2cc(Cl)c(Br)cc2Cl)n1. The first-order valence-corrected chi connectivity index (χ1v) is 7.73. The van der Waals surface area contributed by atoms with Crippen LogP contribution in [0.5, 0.6) is 0 Å². The van der Waals surface area contributed by atoms with Crippen molar-refractivity contribution in [3.63, 3.8) is 0 Å². The van der Waals surface area contributed by atoms with Crippen LogP contribution >= 0.6 is 39.1 Å². The number of nitrogens with zero attached hydrogens (tertiary/aromatic N) is 2. The van der Waals surface area contributed by atoms with E-state index in [0.717, 1.165) is 4.09 Å². The molecule has 0 radical (unpaired) electrons. The van der Waals surface area contributed by atoms with Gasteiger partial charge >= 0.3 is 0 Å². The molecule has 1 heterocycles. The Hall–Kier alpha value is -0.560. The minimum absolute atomic E-state index is 0.0828. The van der Waals surface area contributed by atoms with Crippen molar-refractivity contribution in [2.75, 3.05) is 0 Å². The Morgan fingerprint density at radius 3 is 2.50 bits per heavy atom. The molecule has 0 atom stereocenters. The lowest BCUT2D eigenvalue weighted by Crippen LogP contribution is -2.14. The molecule has 18 heavy (non-hydrogen) atoms. The Kier molecular flexibility index (Phi) is 3.73. The van der Waals surface area contributed by atoms with Gasteiger partial charge in [-0.3, -0.25) is 0 Å². The van der Waals surface area contributed by atoms with Crippen molar-refractivity contribution in [2.45, 2.75) is 11.8 Å². The maximum atomic E-state index is 12.3. The van der Waals surface area contributed by atoms with Gasteiger partial charge in [0.2, 0.25) is 0 Å². The van der Waals surface area contributed by atoms with Crippen molar-refractivity contribution >= 4 is 49.2 Å². The molecular weight excluding hydrogens is 363 g/mol. The molecule has 2 aromatic rings. The van der Waals surface area contributed by atoms with Crippen molar-refractivity contribution in [3.05, 3.63) is 44.6 Å². The Balaban J connectivity index is 2.65. The molecule has 1 aromatic heterocycles. The molecule has 0 bridgehead atoms. The summed E-state index contributed by atoms with van der Waals surface area (Å²) < 4.78 is 25.9. The van der Waals surface area contributed by atoms with E-state index >= 15 is 0 Å². The molecular formula is C10H7BrCl2N2O2S. The molecule has 0 amide bonds. The molecule has 4 nitrogen and oxygen atoms in total. The smallest absolute Gasteiger partial charge is 0.199 e. The lowest BCUT2D eigenvalue weighted by Gasteiger charge is -2.08. The van der Waals surface area contributed by atoms with Crippen molar-refractivity contribution in [2.24, 2.45) is 0 Å². The first kappa shape index (κ1) is 13.9. The highest BCUT2D eigenvalue weighted by Crippen LogP contribution is 2.32. The molecule has 0 saturated carbocycles. The van der Waals surface area contributed by atoms with Gasteiger partial charge in [-0.05, 0) is 41.1 Å². The second kappa shape index (κ2) is 4.85. The Morgan fingerprint density at radius 2 is 1.94 bits per heavy atom. The van der Waals surface area contributed by atoms with Gasteiger partial charge in [-0.2, -0.15) is 17.6 Å². The van der Waals surface area contributed by atoms with Gasteiger partial charge in [-0.1, -0.05) is 23.2 Å². The van der Waals surface area contributed by atoms with Crippen molar-refractivity contribution in [1.82, 2.24) is 9.19 Å². The number of hydrogen-bond acceptors (Lipinski definition) is 3. The average Bonchev–Trinajstić information content (AvgIpc) is 2.70. The largest absolute Gasteiger partial charge is 0.284 e. The third-order valence-corrected chi connectivity index (χ3v) is 5.41. The lowest BCUT2D eigenvalue weighted by molar-refractivity contribution is 0.579. The number of aromatic nitrogens is 2. The van der Waals surface area contributed by atoms with Gasteiger partial charge in [0.1, 0.15) is 4.90 Å². The fourth-order valence-electron chi connectivity index (χ4n) is 1.33. The van der Waals surface area contributed by atoms with Gasteiger partial charge in [0.25, 0.3) is 10.0 Å². The Labute approximate surface area is 123 Å². The molecule has 0 spiro atoms. The maximum Gasteiger partial charge on any atom is 0.284 e. The summed E-state index contributed by atoms with van der Waals surface area (Å²) in [5.74, 6) is 0. The number of hydrogen-bond donors (Lipinski definition) is 0. The third kappa shape index (κ3) is 2.42. The summed E-state index contributed by atoms with van der Waals surface area (Å²) in [5, 5.41) is 4.22. The second-order valence-electron chi connectivity index (χ2n) is 3.53. The van der Waals surface area contributed by atoms with Crippen molar-refractivity contribution in [1.29, 1.82) is 0 Å². The summed E-state index contributed by atoms with van der Waals surface area (Å²) in [4.78, 5) is -0.0829. The van der Waals surface area contributed by atoms with Gasteiger partial charge in [-0.25, -0.2) is 0 Å². The molecule has 0 unspecified atom stereocenters. The summed E-state index contributed by atoms with van der Waals surface area (Å²) in [6, 6.07) is 4.32. The van der Waals surface area contributed by atoms with Gasteiger partial charge in [0.15, 0.2) is 0 Å². The van der Waals surface area contributed by atoms with Gasteiger partial charge < -0.3 is 0 Å². The molecule has 1 aromatic carbocycles. The second-order valence-corrected chi connectivity index (χ2v) is 6.96. The van der Waals surface area contributed by atoms with Crippen molar-refractivity contribution < 1.29 is 8.42 Å². The van der Waals surface area contributed by atoms with Crippen LogP contribution in [0.4, 0.5) is 0 Å². The highest BCUT2D eigenvalue weighted by molar-refractivity contribution is 9.10. The predicted molar refractivity (Wildman–Crippen MR) is 73.7 cm³/mol.